The fourth-order valence-corrected chi connectivity index (χ4v) is 3.96. The van der Waals surface area contributed by atoms with E-state index in [2.05, 4.69) is 4.72 Å². The van der Waals surface area contributed by atoms with E-state index in [9.17, 15) is 22.8 Å². The summed E-state index contributed by atoms with van der Waals surface area (Å²) < 4.78 is 36.8. The molecule has 1 fully saturated rings. The molecule has 1 aliphatic heterocycles. The van der Waals surface area contributed by atoms with Crippen LogP contribution in [0.25, 0.3) is 0 Å². The molecule has 0 saturated carbocycles. The molecule has 1 aromatic rings. The summed E-state index contributed by atoms with van der Waals surface area (Å²) in [4.78, 5) is 39.0. The fraction of sp³-hybridized carbons (Fsp3) is 0.526. The maximum atomic E-state index is 12.3. The number of ether oxygens (including phenoxy) is 2. The molecule has 1 N–H and O–H groups in total. The van der Waals surface area contributed by atoms with E-state index in [1.165, 1.54) is 28.9 Å². The Labute approximate surface area is 176 Å². The molecule has 2 amide bonds. The van der Waals surface area contributed by atoms with Crippen molar-refractivity contribution in [2.24, 2.45) is 0 Å². The highest BCUT2D eigenvalue weighted by Crippen LogP contribution is 2.11. The van der Waals surface area contributed by atoms with Gasteiger partial charge in [0.25, 0.3) is 5.91 Å². The van der Waals surface area contributed by atoms with Gasteiger partial charge in [-0.25, -0.2) is 13.2 Å². The number of rotatable bonds is 7. The number of hydrogen-bond donors (Lipinski definition) is 1. The van der Waals surface area contributed by atoms with Crippen molar-refractivity contribution >= 4 is 28.0 Å². The van der Waals surface area contributed by atoms with Crippen LogP contribution in [0.5, 0.6) is 0 Å². The van der Waals surface area contributed by atoms with E-state index in [1.807, 2.05) is 6.92 Å². The lowest BCUT2D eigenvalue weighted by Gasteiger charge is -2.33. The van der Waals surface area contributed by atoms with E-state index in [0.29, 0.717) is 26.2 Å². The van der Waals surface area contributed by atoms with E-state index < -0.39 is 40.6 Å². The van der Waals surface area contributed by atoms with E-state index in [1.54, 1.807) is 19.1 Å². The zero-order chi connectivity index (χ0) is 22.3. The van der Waals surface area contributed by atoms with Crippen LogP contribution in [0.1, 0.15) is 19.4 Å². The lowest BCUT2D eigenvalue weighted by Crippen LogP contribution is -2.51. The molecule has 1 heterocycles. The molecule has 0 bridgehead atoms. The third-order valence-corrected chi connectivity index (χ3v) is 6.07. The first-order valence-electron chi connectivity index (χ1n) is 9.59. The van der Waals surface area contributed by atoms with Gasteiger partial charge in [0.1, 0.15) is 6.04 Å². The van der Waals surface area contributed by atoms with Crippen molar-refractivity contribution in [2.45, 2.75) is 31.7 Å². The quantitative estimate of drug-likeness (QED) is 0.612. The van der Waals surface area contributed by atoms with Crippen molar-refractivity contribution in [2.75, 3.05) is 39.4 Å². The summed E-state index contributed by atoms with van der Waals surface area (Å²) in [5, 5.41) is 0. The van der Waals surface area contributed by atoms with E-state index >= 15 is 0 Å². The molecule has 11 heteroatoms. The van der Waals surface area contributed by atoms with Gasteiger partial charge in [-0.3, -0.25) is 9.59 Å². The largest absolute Gasteiger partial charge is 0.454 e. The van der Waals surface area contributed by atoms with Crippen molar-refractivity contribution in [1.82, 2.24) is 14.5 Å². The number of sulfonamides is 1. The van der Waals surface area contributed by atoms with Gasteiger partial charge in [0.15, 0.2) is 6.61 Å². The third kappa shape index (κ3) is 6.42. The second kappa shape index (κ2) is 10.4. The lowest BCUT2D eigenvalue weighted by atomic mass is 10.2. The Morgan fingerprint density at radius 3 is 2.17 bits per heavy atom. The third-order valence-electron chi connectivity index (χ3n) is 4.51. The molecular weight excluding hydrogens is 414 g/mol. The van der Waals surface area contributed by atoms with Crippen LogP contribution < -0.4 is 4.72 Å². The van der Waals surface area contributed by atoms with Gasteiger partial charge in [-0.1, -0.05) is 17.7 Å². The monoisotopic (exact) mass is 441 g/mol. The van der Waals surface area contributed by atoms with Gasteiger partial charge < -0.3 is 19.3 Å². The van der Waals surface area contributed by atoms with Crippen LogP contribution in [-0.2, 0) is 29.1 Å². The summed E-state index contributed by atoms with van der Waals surface area (Å²) in [5.74, 6) is -1.27. The molecule has 1 aromatic carbocycles. The van der Waals surface area contributed by atoms with Crippen molar-refractivity contribution in [3.8, 4) is 0 Å². The first kappa shape index (κ1) is 23.6. The number of aryl methyl sites for hydroxylation is 1. The minimum atomic E-state index is -3.89. The van der Waals surface area contributed by atoms with Gasteiger partial charge >= 0.3 is 12.1 Å². The van der Waals surface area contributed by atoms with Crippen LogP contribution in [-0.4, -0.2) is 81.6 Å². The summed E-state index contributed by atoms with van der Waals surface area (Å²) in [5.41, 5.74) is 0.906. The molecular formula is C19H27N3O7S. The molecule has 2 rings (SSSR count). The fourth-order valence-electron chi connectivity index (χ4n) is 2.77. The first-order valence-corrected chi connectivity index (χ1v) is 11.1. The summed E-state index contributed by atoms with van der Waals surface area (Å²) in [6.45, 7) is 5.91. The normalized spacial score (nSPS) is 15.4. The highest BCUT2D eigenvalue weighted by Gasteiger charge is 2.27. The number of nitrogens with zero attached hydrogens (tertiary/aromatic N) is 2. The molecule has 1 atom stereocenters. The van der Waals surface area contributed by atoms with E-state index in [-0.39, 0.29) is 11.5 Å². The minimum absolute atomic E-state index is 0.0308. The number of carbonyl (C=O) groups is 3. The van der Waals surface area contributed by atoms with E-state index in [0.717, 1.165) is 5.56 Å². The minimum Gasteiger partial charge on any atom is -0.454 e. The zero-order valence-electron chi connectivity index (χ0n) is 17.3. The van der Waals surface area contributed by atoms with Crippen LogP contribution in [0.3, 0.4) is 0 Å². The van der Waals surface area contributed by atoms with Gasteiger partial charge in [0.2, 0.25) is 10.0 Å². The van der Waals surface area contributed by atoms with Crippen LogP contribution in [0, 0.1) is 6.92 Å². The van der Waals surface area contributed by atoms with Crippen LogP contribution in [0.15, 0.2) is 29.2 Å². The second-order valence-electron chi connectivity index (χ2n) is 6.83. The molecule has 30 heavy (non-hydrogen) atoms. The van der Waals surface area contributed by atoms with Crippen LogP contribution in [0.2, 0.25) is 0 Å². The molecule has 0 aliphatic carbocycles. The predicted octanol–water partition coefficient (Wildman–Crippen LogP) is 0.506. The molecule has 1 aliphatic rings. The Morgan fingerprint density at radius 2 is 1.60 bits per heavy atom. The maximum Gasteiger partial charge on any atom is 0.409 e. The zero-order valence-corrected chi connectivity index (χ0v) is 18.1. The van der Waals surface area contributed by atoms with Crippen LogP contribution in [0.4, 0.5) is 4.79 Å². The Morgan fingerprint density at radius 1 is 1.03 bits per heavy atom. The predicted molar refractivity (Wildman–Crippen MR) is 107 cm³/mol. The first-order chi connectivity index (χ1) is 14.1. The SMILES string of the molecule is CCOC(=O)N1CCN(C(=O)COC(=O)[C@H](C)NS(=O)(=O)c2ccc(C)cc2)CC1. The van der Waals surface area contributed by atoms with Crippen molar-refractivity contribution < 1.29 is 32.3 Å². The number of nitrogens with one attached hydrogen (secondary N) is 1. The Hall–Kier alpha value is -2.66. The molecule has 0 aromatic heterocycles. The number of piperazine rings is 1. The molecule has 10 nitrogen and oxygen atoms in total. The Kier molecular flexibility index (Phi) is 8.18. The van der Waals surface area contributed by atoms with Gasteiger partial charge in [0.05, 0.1) is 11.5 Å². The van der Waals surface area contributed by atoms with Crippen molar-refractivity contribution in [3.05, 3.63) is 29.8 Å². The van der Waals surface area contributed by atoms with Crippen molar-refractivity contribution in [1.29, 1.82) is 0 Å². The Bertz CT molecular complexity index is 863. The highest BCUT2D eigenvalue weighted by atomic mass is 32.2. The molecule has 0 spiro atoms. The average molecular weight is 442 g/mol. The van der Waals surface area contributed by atoms with Gasteiger partial charge in [-0.05, 0) is 32.9 Å². The number of amides is 2. The number of carbonyl (C=O) groups excluding carboxylic acids is 3. The number of esters is 1. The molecule has 0 unspecified atom stereocenters. The van der Waals surface area contributed by atoms with Crippen molar-refractivity contribution in [3.63, 3.8) is 0 Å². The summed E-state index contributed by atoms with van der Waals surface area (Å²) in [6.07, 6.45) is -0.425. The molecule has 0 radical (unpaired) electrons. The summed E-state index contributed by atoms with van der Waals surface area (Å²) in [7, 11) is -3.89. The summed E-state index contributed by atoms with van der Waals surface area (Å²) in [6, 6.07) is 5.02. The number of benzene rings is 1. The standard InChI is InChI=1S/C19H27N3O7S/c1-4-28-19(25)22-11-9-21(10-12-22)17(23)13-29-18(24)15(3)20-30(26,27)16-7-5-14(2)6-8-16/h5-8,15,20H,4,9-13H2,1-3H3/t15-/m0/s1. The molecule has 1 saturated heterocycles. The lowest BCUT2D eigenvalue weighted by molar-refractivity contribution is -0.153. The average Bonchev–Trinajstić information content (AvgIpc) is 2.72. The maximum absolute atomic E-state index is 12.3. The Balaban J connectivity index is 1.80. The molecule has 166 valence electrons. The van der Waals surface area contributed by atoms with Crippen LogP contribution >= 0.6 is 0 Å². The van der Waals surface area contributed by atoms with Gasteiger partial charge in [-0.2, -0.15) is 4.72 Å². The summed E-state index contributed by atoms with van der Waals surface area (Å²) >= 11 is 0. The van der Waals surface area contributed by atoms with Gasteiger partial charge in [0, 0.05) is 26.2 Å². The highest BCUT2D eigenvalue weighted by molar-refractivity contribution is 7.89. The van der Waals surface area contributed by atoms with Gasteiger partial charge in [-0.15, -0.1) is 0 Å². The second-order valence-corrected chi connectivity index (χ2v) is 8.54. The topological polar surface area (TPSA) is 122 Å². The smallest absolute Gasteiger partial charge is 0.409 e. The van der Waals surface area contributed by atoms with E-state index in [4.69, 9.17) is 9.47 Å². The number of hydrogen-bond acceptors (Lipinski definition) is 7.